The van der Waals surface area contributed by atoms with Gasteiger partial charge in [0.05, 0.1) is 0 Å². The van der Waals surface area contributed by atoms with Crippen LogP contribution in [0.25, 0.3) is 0 Å². The maximum absolute atomic E-state index is 11.5. The number of hydrogen-bond acceptors (Lipinski definition) is 4. The Labute approximate surface area is 107 Å². The zero-order valence-corrected chi connectivity index (χ0v) is 10.7. The number of benzene rings is 1. The maximum Gasteiger partial charge on any atom is 0.311 e. The molecule has 18 heavy (non-hydrogen) atoms. The third kappa shape index (κ3) is 5.08. The van der Waals surface area contributed by atoms with Crippen LogP contribution >= 0.6 is 0 Å². The number of esters is 1. The number of phenolic OH excluding ortho intramolecular Hbond substituents is 2. The molecule has 0 aliphatic heterocycles. The van der Waals surface area contributed by atoms with Gasteiger partial charge in [0.15, 0.2) is 11.5 Å². The summed E-state index contributed by atoms with van der Waals surface area (Å²) in [6, 6.07) is 3.97. The Morgan fingerprint density at radius 3 is 2.50 bits per heavy atom. The van der Waals surface area contributed by atoms with Crippen molar-refractivity contribution in [3.8, 4) is 17.2 Å². The summed E-state index contributed by atoms with van der Waals surface area (Å²) < 4.78 is 5.05. The van der Waals surface area contributed by atoms with Crippen LogP contribution in [0.1, 0.15) is 45.4 Å². The zero-order valence-electron chi connectivity index (χ0n) is 10.7. The van der Waals surface area contributed by atoms with Gasteiger partial charge >= 0.3 is 5.97 Å². The Morgan fingerprint density at radius 2 is 1.83 bits per heavy atom. The molecular formula is C14H20O4. The van der Waals surface area contributed by atoms with E-state index in [9.17, 15) is 9.90 Å². The van der Waals surface area contributed by atoms with Gasteiger partial charge in [0.1, 0.15) is 5.75 Å². The summed E-state index contributed by atoms with van der Waals surface area (Å²) in [4.78, 5) is 11.5. The second kappa shape index (κ2) is 7.58. The third-order valence-corrected chi connectivity index (χ3v) is 2.66. The highest BCUT2D eigenvalue weighted by molar-refractivity contribution is 5.72. The molecule has 0 fully saturated rings. The van der Waals surface area contributed by atoms with Gasteiger partial charge in [0.2, 0.25) is 0 Å². The Hall–Kier alpha value is -1.71. The van der Waals surface area contributed by atoms with Crippen LogP contribution in [0.5, 0.6) is 17.2 Å². The molecule has 0 amide bonds. The van der Waals surface area contributed by atoms with E-state index in [2.05, 4.69) is 6.92 Å². The molecule has 0 unspecified atom stereocenters. The molecule has 4 nitrogen and oxygen atoms in total. The minimum absolute atomic E-state index is 0.227. The summed E-state index contributed by atoms with van der Waals surface area (Å²) in [6.45, 7) is 2.14. The topological polar surface area (TPSA) is 66.8 Å². The number of carbonyl (C=O) groups excluding carboxylic acids is 1. The number of rotatable bonds is 7. The van der Waals surface area contributed by atoms with E-state index < -0.39 is 0 Å². The fourth-order valence-corrected chi connectivity index (χ4v) is 1.62. The number of hydrogen-bond donors (Lipinski definition) is 2. The van der Waals surface area contributed by atoms with Crippen LogP contribution in [0, 0.1) is 0 Å². The predicted molar refractivity (Wildman–Crippen MR) is 68.8 cm³/mol. The molecule has 0 atom stereocenters. The molecule has 0 radical (unpaired) electrons. The minimum atomic E-state index is -0.309. The monoisotopic (exact) mass is 252 g/mol. The Kier molecular flexibility index (Phi) is 6.05. The van der Waals surface area contributed by atoms with Crippen LogP contribution in [0.3, 0.4) is 0 Å². The largest absolute Gasteiger partial charge is 0.504 e. The lowest BCUT2D eigenvalue weighted by molar-refractivity contribution is -0.134. The van der Waals surface area contributed by atoms with E-state index in [0.29, 0.717) is 6.42 Å². The summed E-state index contributed by atoms with van der Waals surface area (Å²) in [5, 5.41) is 18.4. The molecular weight excluding hydrogens is 232 g/mol. The van der Waals surface area contributed by atoms with Crippen molar-refractivity contribution in [2.45, 2.75) is 45.4 Å². The molecule has 0 aromatic heterocycles. The number of unbranched alkanes of at least 4 members (excludes halogenated alkanes) is 4. The molecule has 0 aliphatic rings. The molecule has 0 saturated carbocycles. The highest BCUT2D eigenvalue weighted by Gasteiger charge is 2.07. The van der Waals surface area contributed by atoms with E-state index in [1.165, 1.54) is 31.0 Å². The standard InChI is InChI=1S/C14H20O4/c1-2-3-4-5-6-7-14(17)18-11-8-9-12(15)13(16)10-11/h8-10,15-16H,2-7H2,1H3. The van der Waals surface area contributed by atoms with Crippen molar-refractivity contribution in [2.24, 2.45) is 0 Å². The average Bonchev–Trinajstić information content (AvgIpc) is 2.34. The summed E-state index contributed by atoms with van der Waals surface area (Å²) >= 11 is 0. The van der Waals surface area contributed by atoms with Crippen molar-refractivity contribution >= 4 is 5.97 Å². The molecule has 1 aromatic carbocycles. The van der Waals surface area contributed by atoms with E-state index >= 15 is 0 Å². The molecule has 0 heterocycles. The van der Waals surface area contributed by atoms with E-state index in [1.807, 2.05) is 0 Å². The van der Waals surface area contributed by atoms with Gasteiger partial charge < -0.3 is 14.9 Å². The normalized spacial score (nSPS) is 10.3. The van der Waals surface area contributed by atoms with Crippen LogP contribution in [0.4, 0.5) is 0 Å². The van der Waals surface area contributed by atoms with Crippen molar-refractivity contribution in [3.63, 3.8) is 0 Å². The first-order valence-electron chi connectivity index (χ1n) is 6.36. The smallest absolute Gasteiger partial charge is 0.311 e. The fourth-order valence-electron chi connectivity index (χ4n) is 1.62. The first-order chi connectivity index (χ1) is 8.63. The first-order valence-corrected chi connectivity index (χ1v) is 6.36. The quantitative estimate of drug-likeness (QED) is 0.338. The highest BCUT2D eigenvalue weighted by Crippen LogP contribution is 2.28. The van der Waals surface area contributed by atoms with Gasteiger partial charge in [-0.3, -0.25) is 4.79 Å². The SMILES string of the molecule is CCCCCCCC(=O)Oc1ccc(O)c(O)c1. The minimum Gasteiger partial charge on any atom is -0.504 e. The van der Waals surface area contributed by atoms with Gasteiger partial charge in [-0.05, 0) is 18.6 Å². The second-order valence-electron chi connectivity index (χ2n) is 4.29. The molecule has 0 aliphatic carbocycles. The number of ether oxygens (including phenoxy) is 1. The van der Waals surface area contributed by atoms with Crippen molar-refractivity contribution in [1.29, 1.82) is 0 Å². The van der Waals surface area contributed by atoms with Gasteiger partial charge in [-0.25, -0.2) is 0 Å². The molecule has 0 spiro atoms. The van der Waals surface area contributed by atoms with Crippen molar-refractivity contribution < 1.29 is 19.7 Å². The van der Waals surface area contributed by atoms with E-state index in [-0.39, 0.29) is 23.2 Å². The Morgan fingerprint density at radius 1 is 1.11 bits per heavy atom. The van der Waals surface area contributed by atoms with Gasteiger partial charge in [-0.15, -0.1) is 0 Å². The summed E-state index contributed by atoms with van der Waals surface area (Å²) in [7, 11) is 0. The lowest BCUT2D eigenvalue weighted by Gasteiger charge is -2.05. The van der Waals surface area contributed by atoms with Gasteiger partial charge in [-0.1, -0.05) is 32.6 Å². The molecule has 4 heteroatoms. The first kappa shape index (κ1) is 14.4. The van der Waals surface area contributed by atoms with Crippen LogP contribution in [-0.2, 0) is 4.79 Å². The maximum atomic E-state index is 11.5. The number of aromatic hydroxyl groups is 2. The molecule has 0 saturated heterocycles. The third-order valence-electron chi connectivity index (χ3n) is 2.66. The zero-order chi connectivity index (χ0) is 13.4. The predicted octanol–water partition coefficient (Wildman–Crippen LogP) is 3.36. The highest BCUT2D eigenvalue weighted by atomic mass is 16.5. The van der Waals surface area contributed by atoms with E-state index in [0.717, 1.165) is 19.3 Å². The lowest BCUT2D eigenvalue weighted by atomic mass is 10.1. The van der Waals surface area contributed by atoms with Crippen LogP contribution in [-0.4, -0.2) is 16.2 Å². The molecule has 100 valence electrons. The lowest BCUT2D eigenvalue weighted by Crippen LogP contribution is -2.07. The van der Waals surface area contributed by atoms with Crippen LogP contribution in [0.2, 0.25) is 0 Å². The molecule has 0 bridgehead atoms. The van der Waals surface area contributed by atoms with Gasteiger partial charge in [0.25, 0.3) is 0 Å². The van der Waals surface area contributed by atoms with Crippen molar-refractivity contribution in [2.75, 3.05) is 0 Å². The van der Waals surface area contributed by atoms with Gasteiger partial charge in [0, 0.05) is 12.5 Å². The average molecular weight is 252 g/mol. The van der Waals surface area contributed by atoms with E-state index in [1.54, 1.807) is 0 Å². The van der Waals surface area contributed by atoms with E-state index in [4.69, 9.17) is 9.84 Å². The fraction of sp³-hybridized carbons (Fsp3) is 0.500. The van der Waals surface area contributed by atoms with Crippen LogP contribution < -0.4 is 4.74 Å². The van der Waals surface area contributed by atoms with Gasteiger partial charge in [-0.2, -0.15) is 0 Å². The summed E-state index contributed by atoms with van der Waals surface area (Å²) in [6.07, 6.45) is 5.75. The summed E-state index contributed by atoms with van der Waals surface area (Å²) in [5.74, 6) is -0.571. The molecule has 1 rings (SSSR count). The second-order valence-corrected chi connectivity index (χ2v) is 4.29. The van der Waals surface area contributed by atoms with Crippen LogP contribution in [0.15, 0.2) is 18.2 Å². The molecule has 1 aromatic rings. The Balaban J connectivity index is 2.29. The summed E-state index contributed by atoms with van der Waals surface area (Å²) in [5.41, 5.74) is 0. The number of carbonyl (C=O) groups is 1. The van der Waals surface area contributed by atoms with Crippen molar-refractivity contribution in [1.82, 2.24) is 0 Å². The number of phenols is 2. The van der Waals surface area contributed by atoms with Crippen molar-refractivity contribution in [3.05, 3.63) is 18.2 Å². The molecule has 2 N–H and O–H groups in total. The Bertz CT molecular complexity index is 387.